The molecule has 0 amide bonds. The molecule has 1 fully saturated rings. The zero-order valence-corrected chi connectivity index (χ0v) is 9.81. The van der Waals surface area contributed by atoms with Crippen LogP contribution in [-0.2, 0) is 0 Å². The molecule has 1 aliphatic carbocycles. The summed E-state index contributed by atoms with van der Waals surface area (Å²) in [6.45, 7) is 4.02. The molecule has 0 aromatic heterocycles. The molecule has 16 heavy (non-hydrogen) atoms. The SMILES string of the molecule is CC(C)Oc1ccc(N=C(N)C2CC2)cc1. The van der Waals surface area contributed by atoms with E-state index in [1.165, 1.54) is 12.8 Å². The van der Waals surface area contributed by atoms with E-state index in [0.717, 1.165) is 17.3 Å². The number of nitrogens with two attached hydrogens (primary N) is 1. The molecule has 0 saturated heterocycles. The Bertz CT molecular complexity index is 377. The molecular formula is C13H18N2O. The van der Waals surface area contributed by atoms with E-state index in [-0.39, 0.29) is 6.10 Å². The van der Waals surface area contributed by atoms with Crippen molar-refractivity contribution >= 4 is 11.5 Å². The van der Waals surface area contributed by atoms with Crippen molar-refractivity contribution < 1.29 is 4.74 Å². The topological polar surface area (TPSA) is 47.6 Å². The maximum absolute atomic E-state index is 5.85. The third-order valence-corrected chi connectivity index (χ3v) is 2.46. The van der Waals surface area contributed by atoms with Crippen LogP contribution < -0.4 is 10.5 Å². The van der Waals surface area contributed by atoms with Crippen LogP contribution in [0.25, 0.3) is 0 Å². The molecular weight excluding hydrogens is 200 g/mol. The van der Waals surface area contributed by atoms with E-state index in [0.29, 0.717) is 5.92 Å². The minimum absolute atomic E-state index is 0.200. The Kier molecular flexibility index (Phi) is 3.13. The third kappa shape index (κ3) is 2.99. The predicted molar refractivity (Wildman–Crippen MR) is 66.2 cm³/mol. The molecule has 86 valence electrons. The Morgan fingerprint density at radius 2 is 1.94 bits per heavy atom. The fraction of sp³-hybridized carbons (Fsp3) is 0.462. The fourth-order valence-corrected chi connectivity index (χ4v) is 1.49. The lowest BCUT2D eigenvalue weighted by atomic mass is 10.3. The monoisotopic (exact) mass is 218 g/mol. The summed E-state index contributed by atoms with van der Waals surface area (Å²) in [5.74, 6) is 2.16. The van der Waals surface area contributed by atoms with Crippen molar-refractivity contribution in [1.82, 2.24) is 0 Å². The van der Waals surface area contributed by atoms with Gasteiger partial charge in [0.05, 0.1) is 11.8 Å². The van der Waals surface area contributed by atoms with E-state index in [2.05, 4.69) is 4.99 Å². The molecule has 3 heteroatoms. The number of benzene rings is 1. The highest BCUT2D eigenvalue weighted by Crippen LogP contribution is 2.30. The van der Waals surface area contributed by atoms with Crippen LogP contribution in [-0.4, -0.2) is 11.9 Å². The van der Waals surface area contributed by atoms with E-state index in [4.69, 9.17) is 10.5 Å². The highest BCUT2D eigenvalue weighted by molar-refractivity contribution is 5.87. The quantitative estimate of drug-likeness (QED) is 0.624. The zero-order valence-electron chi connectivity index (χ0n) is 9.81. The summed E-state index contributed by atoms with van der Waals surface area (Å²) in [7, 11) is 0. The van der Waals surface area contributed by atoms with Crippen LogP contribution in [0, 0.1) is 5.92 Å². The largest absolute Gasteiger partial charge is 0.491 e. The minimum atomic E-state index is 0.200. The van der Waals surface area contributed by atoms with E-state index in [9.17, 15) is 0 Å². The number of hydrogen-bond acceptors (Lipinski definition) is 2. The molecule has 2 rings (SSSR count). The van der Waals surface area contributed by atoms with Crippen LogP contribution in [0.5, 0.6) is 5.75 Å². The Morgan fingerprint density at radius 1 is 1.31 bits per heavy atom. The van der Waals surface area contributed by atoms with Gasteiger partial charge in [0.25, 0.3) is 0 Å². The van der Waals surface area contributed by atoms with Gasteiger partial charge in [0.2, 0.25) is 0 Å². The molecule has 0 spiro atoms. The van der Waals surface area contributed by atoms with Crippen molar-refractivity contribution in [2.45, 2.75) is 32.8 Å². The van der Waals surface area contributed by atoms with E-state index < -0.39 is 0 Å². The summed E-state index contributed by atoms with van der Waals surface area (Å²) in [6.07, 6.45) is 2.57. The second kappa shape index (κ2) is 4.56. The molecule has 0 atom stereocenters. The molecule has 0 heterocycles. The van der Waals surface area contributed by atoms with Gasteiger partial charge in [-0.05, 0) is 51.0 Å². The Labute approximate surface area is 96.3 Å². The first-order valence-corrected chi connectivity index (χ1v) is 5.76. The predicted octanol–water partition coefficient (Wildman–Crippen LogP) is 2.87. The molecule has 0 radical (unpaired) electrons. The van der Waals surface area contributed by atoms with Gasteiger partial charge in [0.1, 0.15) is 11.6 Å². The number of amidine groups is 1. The number of nitrogens with zero attached hydrogens (tertiary/aromatic N) is 1. The first-order chi connectivity index (χ1) is 7.65. The third-order valence-electron chi connectivity index (χ3n) is 2.46. The molecule has 1 aromatic rings. The summed E-state index contributed by atoms with van der Waals surface area (Å²) in [4.78, 5) is 4.38. The van der Waals surface area contributed by atoms with Crippen LogP contribution in [0.1, 0.15) is 26.7 Å². The molecule has 1 saturated carbocycles. The first kappa shape index (κ1) is 11.0. The average Bonchev–Trinajstić information content (AvgIpc) is 3.03. The second-order valence-corrected chi connectivity index (χ2v) is 4.47. The van der Waals surface area contributed by atoms with Gasteiger partial charge in [0.15, 0.2) is 0 Å². The maximum atomic E-state index is 5.85. The first-order valence-electron chi connectivity index (χ1n) is 5.76. The Balaban J connectivity index is 2.03. The molecule has 1 aromatic carbocycles. The Morgan fingerprint density at radius 3 is 2.44 bits per heavy atom. The number of aliphatic imine (C=N–C) groups is 1. The lowest BCUT2D eigenvalue weighted by Crippen LogP contribution is -2.12. The lowest BCUT2D eigenvalue weighted by Gasteiger charge is -2.09. The molecule has 3 nitrogen and oxygen atoms in total. The van der Waals surface area contributed by atoms with Crippen molar-refractivity contribution in [3.05, 3.63) is 24.3 Å². The second-order valence-electron chi connectivity index (χ2n) is 4.47. The van der Waals surface area contributed by atoms with E-state index >= 15 is 0 Å². The number of hydrogen-bond donors (Lipinski definition) is 1. The summed E-state index contributed by atoms with van der Waals surface area (Å²) >= 11 is 0. The van der Waals surface area contributed by atoms with Gasteiger partial charge in [-0.15, -0.1) is 0 Å². The van der Waals surface area contributed by atoms with Crippen molar-refractivity contribution in [3.63, 3.8) is 0 Å². The van der Waals surface area contributed by atoms with Crippen LogP contribution in [0.4, 0.5) is 5.69 Å². The van der Waals surface area contributed by atoms with Crippen molar-refractivity contribution in [3.8, 4) is 5.75 Å². The minimum Gasteiger partial charge on any atom is -0.491 e. The lowest BCUT2D eigenvalue weighted by molar-refractivity contribution is 0.242. The highest BCUT2D eigenvalue weighted by Gasteiger charge is 2.25. The van der Waals surface area contributed by atoms with Gasteiger partial charge in [-0.3, -0.25) is 0 Å². The summed E-state index contributed by atoms with van der Waals surface area (Å²) in [5.41, 5.74) is 6.75. The standard InChI is InChI=1S/C13H18N2O/c1-9(2)16-12-7-5-11(6-8-12)15-13(14)10-3-4-10/h5-10H,3-4H2,1-2H3,(H2,14,15). The van der Waals surface area contributed by atoms with Crippen molar-refractivity contribution in [2.24, 2.45) is 16.6 Å². The summed E-state index contributed by atoms with van der Waals surface area (Å²) in [6, 6.07) is 7.73. The summed E-state index contributed by atoms with van der Waals surface area (Å²) < 4.78 is 5.55. The van der Waals surface area contributed by atoms with Gasteiger partial charge in [-0.2, -0.15) is 0 Å². The average molecular weight is 218 g/mol. The van der Waals surface area contributed by atoms with Crippen LogP contribution in [0.15, 0.2) is 29.3 Å². The van der Waals surface area contributed by atoms with E-state index in [1.807, 2.05) is 38.1 Å². The number of rotatable bonds is 4. The normalized spacial score (nSPS) is 16.6. The molecule has 2 N–H and O–H groups in total. The van der Waals surface area contributed by atoms with Crippen molar-refractivity contribution in [2.75, 3.05) is 0 Å². The molecule has 0 bridgehead atoms. The van der Waals surface area contributed by atoms with Gasteiger partial charge in [0, 0.05) is 5.92 Å². The van der Waals surface area contributed by atoms with Crippen LogP contribution >= 0.6 is 0 Å². The van der Waals surface area contributed by atoms with E-state index in [1.54, 1.807) is 0 Å². The molecule has 0 unspecified atom stereocenters. The van der Waals surface area contributed by atoms with Crippen LogP contribution in [0.2, 0.25) is 0 Å². The summed E-state index contributed by atoms with van der Waals surface area (Å²) in [5, 5.41) is 0. The van der Waals surface area contributed by atoms with Gasteiger partial charge in [-0.25, -0.2) is 4.99 Å². The maximum Gasteiger partial charge on any atom is 0.119 e. The Hall–Kier alpha value is -1.51. The van der Waals surface area contributed by atoms with Crippen molar-refractivity contribution in [1.29, 1.82) is 0 Å². The van der Waals surface area contributed by atoms with Gasteiger partial charge >= 0.3 is 0 Å². The molecule has 1 aliphatic rings. The smallest absolute Gasteiger partial charge is 0.119 e. The number of ether oxygens (including phenoxy) is 1. The fourth-order valence-electron chi connectivity index (χ4n) is 1.49. The molecule has 0 aliphatic heterocycles. The van der Waals surface area contributed by atoms with Gasteiger partial charge in [-0.1, -0.05) is 0 Å². The van der Waals surface area contributed by atoms with Crippen LogP contribution in [0.3, 0.4) is 0 Å². The highest BCUT2D eigenvalue weighted by atomic mass is 16.5. The van der Waals surface area contributed by atoms with Gasteiger partial charge < -0.3 is 10.5 Å². The zero-order chi connectivity index (χ0) is 11.5.